The van der Waals surface area contributed by atoms with Crippen molar-refractivity contribution in [1.82, 2.24) is 4.57 Å². The van der Waals surface area contributed by atoms with Crippen LogP contribution in [0.3, 0.4) is 0 Å². The summed E-state index contributed by atoms with van der Waals surface area (Å²) in [5.41, 5.74) is 5.20. The van der Waals surface area contributed by atoms with Crippen LogP contribution in [0.25, 0.3) is 22.7 Å². The first-order valence-corrected chi connectivity index (χ1v) is 7.56. The van der Waals surface area contributed by atoms with Gasteiger partial charge in [0, 0.05) is 48.2 Å². The third kappa shape index (κ3) is 2.84. The molecule has 0 saturated carbocycles. The molecule has 114 valence electrons. The number of benzene rings is 2. The normalized spacial score (nSPS) is 11.5. The molecule has 1 aromatic heterocycles. The zero-order valence-electron chi connectivity index (χ0n) is 13.6. The minimum atomic E-state index is 0.704. The van der Waals surface area contributed by atoms with Crippen molar-refractivity contribution in [1.29, 1.82) is 5.26 Å². The van der Waals surface area contributed by atoms with E-state index in [0.29, 0.717) is 5.57 Å². The van der Waals surface area contributed by atoms with E-state index in [1.165, 1.54) is 5.69 Å². The number of fused-ring (bicyclic) bond motifs is 1. The van der Waals surface area contributed by atoms with Gasteiger partial charge in [-0.1, -0.05) is 18.2 Å². The Bertz CT molecular complexity index is 906. The number of nitrogens with zero attached hydrogens (tertiary/aromatic N) is 3. The summed E-state index contributed by atoms with van der Waals surface area (Å²) in [5, 5.41) is 10.2. The van der Waals surface area contributed by atoms with E-state index in [2.05, 4.69) is 58.1 Å². The molecule has 0 radical (unpaired) electrons. The van der Waals surface area contributed by atoms with Crippen molar-refractivity contribution in [2.24, 2.45) is 0 Å². The van der Waals surface area contributed by atoms with Crippen LogP contribution in [-0.2, 0) is 0 Å². The van der Waals surface area contributed by atoms with Gasteiger partial charge >= 0.3 is 0 Å². The molecule has 0 spiro atoms. The second-order valence-electron chi connectivity index (χ2n) is 5.82. The molecule has 0 bridgehead atoms. The number of rotatable bonds is 3. The predicted octanol–water partition coefficient (Wildman–Crippen LogP) is 4.62. The molecule has 0 fully saturated rings. The standard InChI is InChI=1S/C20H19N3/c1-15(13-21)12-16-14-23(20-7-5-4-6-19(16)20)18-10-8-17(9-11-18)22(2)3/h4-12,14H,1-3H3/b15-12+. The molecule has 3 aromatic rings. The van der Waals surface area contributed by atoms with Crippen molar-refractivity contribution in [3.8, 4) is 11.8 Å². The van der Waals surface area contributed by atoms with Gasteiger partial charge in [0.15, 0.2) is 0 Å². The quantitative estimate of drug-likeness (QED) is 0.661. The van der Waals surface area contributed by atoms with Crippen LogP contribution in [0.2, 0.25) is 0 Å². The summed E-state index contributed by atoms with van der Waals surface area (Å²) in [4.78, 5) is 2.09. The van der Waals surface area contributed by atoms with Gasteiger partial charge in [-0.05, 0) is 43.3 Å². The van der Waals surface area contributed by atoms with Crippen molar-refractivity contribution >= 4 is 22.7 Å². The number of allylic oxidation sites excluding steroid dienone is 1. The number of hydrogen-bond donors (Lipinski definition) is 0. The monoisotopic (exact) mass is 301 g/mol. The summed E-state index contributed by atoms with van der Waals surface area (Å²) < 4.78 is 2.17. The molecule has 0 unspecified atom stereocenters. The van der Waals surface area contributed by atoms with Crippen LogP contribution in [0.1, 0.15) is 12.5 Å². The summed E-state index contributed by atoms with van der Waals surface area (Å²) in [7, 11) is 4.07. The van der Waals surface area contributed by atoms with Gasteiger partial charge in [-0.3, -0.25) is 0 Å². The van der Waals surface area contributed by atoms with Crippen LogP contribution in [0.4, 0.5) is 5.69 Å². The van der Waals surface area contributed by atoms with Crippen LogP contribution in [0.5, 0.6) is 0 Å². The first-order chi connectivity index (χ1) is 11.1. The topological polar surface area (TPSA) is 32.0 Å². The fourth-order valence-corrected chi connectivity index (χ4v) is 2.71. The average Bonchev–Trinajstić information content (AvgIpc) is 2.93. The molecule has 0 aliphatic rings. The highest BCUT2D eigenvalue weighted by Crippen LogP contribution is 2.27. The minimum Gasteiger partial charge on any atom is -0.378 e. The van der Waals surface area contributed by atoms with E-state index in [1.54, 1.807) is 0 Å². The second-order valence-corrected chi connectivity index (χ2v) is 5.82. The van der Waals surface area contributed by atoms with Crippen molar-refractivity contribution in [3.05, 3.63) is 65.9 Å². The van der Waals surface area contributed by atoms with Crippen molar-refractivity contribution in [2.45, 2.75) is 6.92 Å². The summed E-state index contributed by atoms with van der Waals surface area (Å²) in [6, 6.07) is 18.9. The summed E-state index contributed by atoms with van der Waals surface area (Å²) in [6.07, 6.45) is 4.03. The first kappa shape index (κ1) is 14.9. The van der Waals surface area contributed by atoms with Crippen LogP contribution in [-0.4, -0.2) is 18.7 Å². The maximum absolute atomic E-state index is 9.04. The average molecular weight is 301 g/mol. The SMILES string of the molecule is C/C(C#N)=C\c1cn(-c2ccc(N(C)C)cc2)c2ccccc12. The molecular weight excluding hydrogens is 282 g/mol. The largest absolute Gasteiger partial charge is 0.378 e. The first-order valence-electron chi connectivity index (χ1n) is 7.56. The van der Waals surface area contributed by atoms with Gasteiger partial charge in [-0.2, -0.15) is 5.26 Å². The van der Waals surface area contributed by atoms with Gasteiger partial charge in [0.25, 0.3) is 0 Å². The molecule has 0 amide bonds. The van der Waals surface area contributed by atoms with E-state index in [0.717, 1.165) is 22.2 Å². The lowest BCUT2D eigenvalue weighted by Crippen LogP contribution is -2.08. The van der Waals surface area contributed by atoms with E-state index in [-0.39, 0.29) is 0 Å². The lowest BCUT2D eigenvalue weighted by atomic mass is 10.1. The molecule has 1 heterocycles. The Balaban J connectivity index is 2.16. The smallest absolute Gasteiger partial charge is 0.0944 e. The van der Waals surface area contributed by atoms with Gasteiger partial charge in [-0.15, -0.1) is 0 Å². The van der Waals surface area contributed by atoms with E-state index in [4.69, 9.17) is 5.26 Å². The molecule has 3 nitrogen and oxygen atoms in total. The zero-order valence-corrected chi connectivity index (χ0v) is 13.6. The maximum atomic E-state index is 9.04. The fraction of sp³-hybridized carbons (Fsp3) is 0.150. The van der Waals surface area contributed by atoms with E-state index in [9.17, 15) is 0 Å². The van der Waals surface area contributed by atoms with Crippen molar-refractivity contribution in [3.63, 3.8) is 0 Å². The Labute approximate surface area is 136 Å². The van der Waals surface area contributed by atoms with Crippen LogP contribution < -0.4 is 4.90 Å². The third-order valence-corrected chi connectivity index (χ3v) is 3.94. The maximum Gasteiger partial charge on any atom is 0.0944 e. The van der Waals surface area contributed by atoms with Crippen LogP contribution >= 0.6 is 0 Å². The van der Waals surface area contributed by atoms with Crippen molar-refractivity contribution < 1.29 is 0 Å². The fourth-order valence-electron chi connectivity index (χ4n) is 2.71. The Kier molecular flexibility index (Phi) is 3.91. The highest BCUT2D eigenvalue weighted by molar-refractivity contribution is 5.91. The lowest BCUT2D eigenvalue weighted by molar-refractivity contribution is 1.10. The molecule has 0 aliphatic heterocycles. The molecule has 0 aliphatic carbocycles. The summed E-state index contributed by atoms with van der Waals surface area (Å²) >= 11 is 0. The third-order valence-electron chi connectivity index (χ3n) is 3.94. The number of nitriles is 1. The van der Waals surface area contributed by atoms with Crippen molar-refractivity contribution in [2.75, 3.05) is 19.0 Å². The number of anilines is 1. The van der Waals surface area contributed by atoms with Gasteiger partial charge in [0.2, 0.25) is 0 Å². The second kappa shape index (κ2) is 6.02. The molecule has 0 N–H and O–H groups in total. The zero-order chi connectivity index (χ0) is 16.4. The summed E-state index contributed by atoms with van der Waals surface area (Å²) in [6.45, 7) is 1.83. The Morgan fingerprint density at radius 1 is 1.09 bits per heavy atom. The molecule has 2 aromatic carbocycles. The molecular formula is C20H19N3. The molecule has 3 heteroatoms. The van der Waals surface area contributed by atoms with E-state index < -0.39 is 0 Å². The highest BCUT2D eigenvalue weighted by atomic mass is 15.1. The molecule has 0 saturated heterocycles. The minimum absolute atomic E-state index is 0.704. The number of para-hydroxylation sites is 1. The molecule has 0 atom stereocenters. The lowest BCUT2D eigenvalue weighted by Gasteiger charge is -2.13. The van der Waals surface area contributed by atoms with Crippen LogP contribution in [0, 0.1) is 11.3 Å². The number of aromatic nitrogens is 1. The van der Waals surface area contributed by atoms with Crippen LogP contribution in [0.15, 0.2) is 60.3 Å². The predicted molar refractivity (Wildman–Crippen MR) is 96.9 cm³/mol. The van der Waals surface area contributed by atoms with Gasteiger partial charge in [-0.25, -0.2) is 0 Å². The summed E-state index contributed by atoms with van der Waals surface area (Å²) in [5.74, 6) is 0. The number of hydrogen-bond acceptors (Lipinski definition) is 2. The Morgan fingerprint density at radius 3 is 2.43 bits per heavy atom. The Morgan fingerprint density at radius 2 is 1.78 bits per heavy atom. The highest BCUT2D eigenvalue weighted by Gasteiger charge is 2.08. The molecule has 23 heavy (non-hydrogen) atoms. The van der Waals surface area contributed by atoms with Gasteiger partial charge < -0.3 is 9.47 Å². The van der Waals surface area contributed by atoms with E-state index in [1.807, 2.05) is 39.2 Å². The van der Waals surface area contributed by atoms with Gasteiger partial charge in [0.05, 0.1) is 11.6 Å². The van der Waals surface area contributed by atoms with Gasteiger partial charge in [0.1, 0.15) is 0 Å². The van der Waals surface area contributed by atoms with E-state index >= 15 is 0 Å². The Hall–Kier alpha value is -2.99. The molecule has 3 rings (SSSR count).